The highest BCUT2D eigenvalue weighted by Gasteiger charge is 2.36. The van der Waals surface area contributed by atoms with Crippen molar-refractivity contribution in [2.24, 2.45) is 4.99 Å². The lowest BCUT2D eigenvalue weighted by Gasteiger charge is -2.16. The highest BCUT2D eigenvalue weighted by Crippen LogP contribution is 2.37. The van der Waals surface area contributed by atoms with Crippen LogP contribution in [0, 0.1) is 0 Å². The molecule has 3 aromatic carbocycles. The topological polar surface area (TPSA) is 80.2 Å². The molecular formula is C28H29N3O4. The van der Waals surface area contributed by atoms with Crippen LogP contribution in [0.5, 0.6) is 0 Å². The fourth-order valence-corrected chi connectivity index (χ4v) is 4.14. The zero-order valence-electron chi connectivity index (χ0n) is 20.2. The van der Waals surface area contributed by atoms with Gasteiger partial charge in [0.15, 0.2) is 0 Å². The monoisotopic (exact) mass is 471 g/mol. The van der Waals surface area contributed by atoms with Crippen LogP contribution in [0.2, 0.25) is 0 Å². The number of likely N-dealkylation sites (N-methyl/N-ethyl adjacent to an activating group) is 1. The number of fused-ring (bicyclic) bond motifs is 1. The first kappa shape index (κ1) is 24.3. The van der Waals surface area contributed by atoms with E-state index in [2.05, 4.69) is 29.4 Å². The minimum Gasteiger partial charge on any atom is -0.465 e. The number of esters is 1. The molecule has 0 saturated carbocycles. The summed E-state index contributed by atoms with van der Waals surface area (Å²) in [6, 6.07) is 22.8. The maximum atomic E-state index is 13.1. The van der Waals surface area contributed by atoms with Gasteiger partial charge in [0.05, 0.1) is 30.7 Å². The van der Waals surface area contributed by atoms with Crippen LogP contribution in [-0.4, -0.2) is 56.9 Å². The van der Waals surface area contributed by atoms with Gasteiger partial charge in [-0.3, -0.25) is 14.7 Å². The van der Waals surface area contributed by atoms with E-state index >= 15 is 0 Å². The summed E-state index contributed by atoms with van der Waals surface area (Å²) < 4.78 is 9.96. The largest absolute Gasteiger partial charge is 0.465 e. The van der Waals surface area contributed by atoms with Crippen molar-refractivity contribution in [2.45, 2.75) is 12.5 Å². The summed E-state index contributed by atoms with van der Waals surface area (Å²) >= 11 is 0. The number of anilines is 1. The zero-order chi connectivity index (χ0) is 24.8. The Balaban J connectivity index is 1.67. The summed E-state index contributed by atoms with van der Waals surface area (Å²) in [7, 11) is 5.09. The van der Waals surface area contributed by atoms with E-state index in [1.54, 1.807) is 25.3 Å². The first-order valence-electron chi connectivity index (χ1n) is 11.4. The summed E-state index contributed by atoms with van der Waals surface area (Å²) in [5.74, 6) is -1.23. The molecule has 7 nitrogen and oxygen atoms in total. The van der Waals surface area contributed by atoms with Gasteiger partial charge in [0.2, 0.25) is 5.91 Å². The smallest absolute Gasteiger partial charge is 0.337 e. The molecule has 0 aromatic heterocycles. The van der Waals surface area contributed by atoms with Gasteiger partial charge in [-0.1, -0.05) is 48.5 Å². The van der Waals surface area contributed by atoms with Crippen molar-refractivity contribution < 1.29 is 19.1 Å². The van der Waals surface area contributed by atoms with E-state index in [0.717, 1.165) is 29.9 Å². The second-order valence-corrected chi connectivity index (χ2v) is 8.48. The van der Waals surface area contributed by atoms with Gasteiger partial charge in [0.25, 0.3) is 0 Å². The fraction of sp³-hybridized carbons (Fsp3) is 0.250. The Kier molecular flexibility index (Phi) is 7.70. The van der Waals surface area contributed by atoms with Crippen LogP contribution in [0.1, 0.15) is 33.0 Å². The molecule has 1 aliphatic heterocycles. The van der Waals surface area contributed by atoms with E-state index in [9.17, 15) is 9.59 Å². The Morgan fingerprint density at radius 3 is 2.43 bits per heavy atom. The van der Waals surface area contributed by atoms with Gasteiger partial charge in [-0.05, 0) is 48.0 Å². The molecular weight excluding hydrogens is 442 g/mol. The van der Waals surface area contributed by atoms with E-state index in [-0.39, 0.29) is 5.91 Å². The minimum atomic E-state index is -0.598. The average molecular weight is 472 g/mol. The molecule has 3 aromatic rings. The Morgan fingerprint density at radius 2 is 1.74 bits per heavy atom. The first-order valence-corrected chi connectivity index (χ1v) is 11.4. The van der Waals surface area contributed by atoms with Gasteiger partial charge in [0, 0.05) is 25.9 Å². The molecule has 1 aliphatic rings. The number of benzene rings is 3. The molecule has 1 atom stereocenters. The van der Waals surface area contributed by atoms with Crippen LogP contribution < -0.4 is 5.32 Å². The molecule has 0 fully saturated rings. The van der Waals surface area contributed by atoms with Crippen molar-refractivity contribution in [1.82, 2.24) is 4.90 Å². The molecule has 35 heavy (non-hydrogen) atoms. The van der Waals surface area contributed by atoms with Gasteiger partial charge < -0.3 is 14.8 Å². The molecule has 1 unspecified atom stereocenters. The van der Waals surface area contributed by atoms with Crippen molar-refractivity contribution in [3.05, 3.63) is 95.1 Å². The van der Waals surface area contributed by atoms with Crippen LogP contribution in [0.4, 0.5) is 11.4 Å². The number of ether oxygens (including phenoxy) is 2. The molecule has 0 radical (unpaired) electrons. The van der Waals surface area contributed by atoms with E-state index in [1.807, 2.05) is 42.5 Å². The zero-order valence-corrected chi connectivity index (χ0v) is 20.2. The summed E-state index contributed by atoms with van der Waals surface area (Å²) in [6.07, 6.45) is 0. The molecule has 1 amide bonds. The van der Waals surface area contributed by atoms with E-state index < -0.39 is 11.9 Å². The van der Waals surface area contributed by atoms with Gasteiger partial charge in [0.1, 0.15) is 5.92 Å². The number of nitrogens with one attached hydrogen (secondary N) is 1. The maximum absolute atomic E-state index is 13.1. The van der Waals surface area contributed by atoms with E-state index in [4.69, 9.17) is 14.5 Å². The standard InChI is InChI=1S/C28H29N3O4/c1-31(15-16-34-2)18-19-9-12-22(13-10-19)29-26(20-7-5-4-6-8-20)25-23-14-11-21(28(33)35-3)17-24(23)30-27(25)32/h4-14,17,25H,15-16,18H2,1-3H3,(H,30,32). The van der Waals surface area contributed by atoms with Gasteiger partial charge >= 0.3 is 5.97 Å². The molecule has 0 aliphatic carbocycles. The third-order valence-corrected chi connectivity index (χ3v) is 5.96. The molecule has 0 saturated heterocycles. The van der Waals surface area contributed by atoms with Crippen molar-refractivity contribution in [3.63, 3.8) is 0 Å². The number of aliphatic imine (C=N–C) groups is 1. The second-order valence-electron chi connectivity index (χ2n) is 8.48. The molecule has 1 N–H and O–H groups in total. The van der Waals surface area contributed by atoms with Gasteiger partial charge in [-0.2, -0.15) is 0 Å². The van der Waals surface area contributed by atoms with Gasteiger partial charge in [-0.15, -0.1) is 0 Å². The lowest BCUT2D eigenvalue weighted by molar-refractivity contribution is -0.115. The summed E-state index contributed by atoms with van der Waals surface area (Å²) in [5, 5.41) is 2.91. The lowest BCUT2D eigenvalue weighted by atomic mass is 9.90. The van der Waals surface area contributed by atoms with Crippen molar-refractivity contribution in [1.29, 1.82) is 0 Å². The molecule has 0 bridgehead atoms. The average Bonchev–Trinajstić information content (AvgIpc) is 3.21. The SMILES string of the molecule is COCCN(C)Cc1ccc(N=C(c2ccccc2)C2C(=O)Nc3cc(C(=O)OC)ccc32)cc1. The quantitative estimate of drug-likeness (QED) is 0.369. The number of nitrogens with zero attached hydrogens (tertiary/aromatic N) is 2. The predicted octanol–water partition coefficient (Wildman–Crippen LogP) is 4.41. The Morgan fingerprint density at radius 1 is 1.00 bits per heavy atom. The number of amides is 1. The number of hydrogen-bond donors (Lipinski definition) is 1. The van der Waals surface area contributed by atoms with Crippen molar-refractivity contribution in [2.75, 3.05) is 39.7 Å². The molecule has 0 spiro atoms. The Bertz CT molecular complexity index is 1220. The highest BCUT2D eigenvalue weighted by atomic mass is 16.5. The summed E-state index contributed by atoms with van der Waals surface area (Å²) in [6.45, 7) is 2.34. The first-order chi connectivity index (χ1) is 17.0. The normalized spacial score (nSPS) is 15.1. The fourth-order valence-electron chi connectivity index (χ4n) is 4.14. The number of hydrogen-bond acceptors (Lipinski definition) is 6. The number of carbonyl (C=O) groups is 2. The Labute approximate surface area is 205 Å². The van der Waals surface area contributed by atoms with Crippen LogP contribution in [0.15, 0.2) is 77.8 Å². The lowest BCUT2D eigenvalue weighted by Crippen LogP contribution is -2.22. The number of carbonyl (C=O) groups excluding carboxylic acids is 2. The Hall–Kier alpha value is -3.81. The van der Waals surface area contributed by atoms with Crippen molar-refractivity contribution in [3.8, 4) is 0 Å². The van der Waals surface area contributed by atoms with E-state index in [1.165, 1.54) is 12.7 Å². The van der Waals surface area contributed by atoms with Crippen LogP contribution in [0.3, 0.4) is 0 Å². The maximum Gasteiger partial charge on any atom is 0.337 e. The summed E-state index contributed by atoms with van der Waals surface area (Å²) in [4.78, 5) is 32.2. The van der Waals surface area contributed by atoms with Crippen molar-refractivity contribution >= 4 is 29.0 Å². The molecule has 4 rings (SSSR count). The van der Waals surface area contributed by atoms with Crippen LogP contribution >= 0.6 is 0 Å². The molecule has 1 heterocycles. The highest BCUT2D eigenvalue weighted by molar-refractivity contribution is 6.24. The molecule has 180 valence electrons. The van der Waals surface area contributed by atoms with E-state index in [0.29, 0.717) is 23.6 Å². The predicted molar refractivity (Wildman–Crippen MR) is 136 cm³/mol. The third kappa shape index (κ3) is 5.65. The molecule has 7 heteroatoms. The van der Waals surface area contributed by atoms with Crippen LogP contribution in [-0.2, 0) is 20.8 Å². The number of methoxy groups -OCH3 is 2. The van der Waals surface area contributed by atoms with Gasteiger partial charge in [-0.25, -0.2) is 4.79 Å². The third-order valence-electron chi connectivity index (χ3n) is 5.96. The number of rotatable bonds is 9. The minimum absolute atomic E-state index is 0.180. The summed E-state index contributed by atoms with van der Waals surface area (Å²) in [5.41, 5.74) is 5.21. The second kappa shape index (κ2) is 11.1. The van der Waals surface area contributed by atoms with Crippen LogP contribution in [0.25, 0.3) is 0 Å².